The van der Waals surface area contributed by atoms with Gasteiger partial charge in [-0.1, -0.05) is 70.0 Å². The fraction of sp³-hybridized carbons (Fsp3) is 0.261. The molecule has 1 aliphatic carbocycles. The van der Waals surface area contributed by atoms with Gasteiger partial charge in [-0.05, 0) is 23.3 Å². The monoisotopic (exact) mass is 469 g/mol. The second kappa shape index (κ2) is 6.05. The molecule has 0 radical (unpaired) electrons. The van der Waals surface area contributed by atoms with Crippen molar-refractivity contribution in [1.82, 2.24) is 4.98 Å². The van der Waals surface area contributed by atoms with Crippen molar-refractivity contribution in [3.8, 4) is 5.75 Å². The minimum Gasteiger partial charge on any atom is -0.476 e. The van der Waals surface area contributed by atoms with E-state index in [2.05, 4.69) is 33.0 Å². The number of ether oxygens (including phenoxy) is 2. The van der Waals surface area contributed by atoms with E-state index in [1.54, 1.807) is 12.3 Å². The van der Waals surface area contributed by atoms with E-state index in [4.69, 9.17) is 21.1 Å². The first kappa shape index (κ1) is 17.9. The van der Waals surface area contributed by atoms with Crippen LogP contribution >= 0.6 is 27.5 Å². The maximum absolute atomic E-state index is 12.3. The molecule has 1 N–H and O–H groups in total. The second-order valence-corrected chi connectivity index (χ2v) is 9.27. The van der Waals surface area contributed by atoms with Crippen LogP contribution in [-0.4, -0.2) is 22.8 Å². The van der Waals surface area contributed by atoms with Gasteiger partial charge in [0.2, 0.25) is 0 Å². The summed E-state index contributed by atoms with van der Waals surface area (Å²) in [5, 5.41) is 12.8. The highest BCUT2D eigenvalue weighted by Crippen LogP contribution is 2.70. The van der Waals surface area contributed by atoms with Crippen molar-refractivity contribution in [2.24, 2.45) is 5.92 Å². The maximum Gasteiger partial charge on any atom is 0.181 e. The third kappa shape index (κ3) is 2.14. The molecule has 1 saturated carbocycles. The molecule has 1 aromatic heterocycles. The van der Waals surface area contributed by atoms with Gasteiger partial charge in [0.1, 0.15) is 17.5 Å². The van der Waals surface area contributed by atoms with Crippen LogP contribution in [0.2, 0.25) is 5.02 Å². The first-order chi connectivity index (χ1) is 14.1. The van der Waals surface area contributed by atoms with Crippen molar-refractivity contribution in [3.05, 3.63) is 93.2 Å². The lowest BCUT2D eigenvalue weighted by Gasteiger charge is -2.40. The van der Waals surface area contributed by atoms with E-state index in [0.29, 0.717) is 23.1 Å². The molecule has 2 aromatic carbocycles. The summed E-state index contributed by atoms with van der Waals surface area (Å²) in [5.74, 6) is 0.538. The minimum absolute atomic E-state index is 0.0957. The normalized spacial score (nSPS) is 34.0. The van der Waals surface area contributed by atoms with Gasteiger partial charge in [-0.3, -0.25) is 4.98 Å². The fourth-order valence-electron chi connectivity index (χ4n) is 5.46. The molecule has 6 rings (SSSR count). The smallest absolute Gasteiger partial charge is 0.181 e. The van der Waals surface area contributed by atoms with E-state index in [0.717, 1.165) is 15.6 Å². The largest absolute Gasteiger partial charge is 0.476 e. The zero-order valence-electron chi connectivity index (χ0n) is 15.3. The predicted molar refractivity (Wildman–Crippen MR) is 112 cm³/mol. The summed E-state index contributed by atoms with van der Waals surface area (Å²) in [6, 6.07) is 19.9. The highest BCUT2D eigenvalue weighted by atomic mass is 79.9. The zero-order chi connectivity index (χ0) is 19.8. The van der Waals surface area contributed by atoms with Crippen LogP contribution in [0.3, 0.4) is 0 Å². The minimum atomic E-state index is -1.41. The highest BCUT2D eigenvalue weighted by Gasteiger charge is 2.79. The Morgan fingerprint density at radius 2 is 1.86 bits per heavy atom. The maximum atomic E-state index is 12.3. The summed E-state index contributed by atoms with van der Waals surface area (Å²) in [7, 11) is 0. The van der Waals surface area contributed by atoms with Crippen LogP contribution in [-0.2, 0) is 15.9 Å². The van der Waals surface area contributed by atoms with Gasteiger partial charge in [0.25, 0.3) is 0 Å². The fourth-order valence-corrected chi connectivity index (χ4v) is 5.88. The molecule has 146 valence electrons. The van der Waals surface area contributed by atoms with E-state index < -0.39 is 17.3 Å². The summed E-state index contributed by atoms with van der Waals surface area (Å²) in [6.07, 6.45) is 1.16. The van der Waals surface area contributed by atoms with Crippen molar-refractivity contribution in [3.63, 3.8) is 0 Å². The molecule has 3 aromatic rings. The average molecular weight is 471 g/mol. The van der Waals surface area contributed by atoms with Crippen LogP contribution in [0.15, 0.2) is 71.3 Å². The zero-order valence-corrected chi connectivity index (χ0v) is 17.6. The van der Waals surface area contributed by atoms with Gasteiger partial charge >= 0.3 is 0 Å². The number of benzene rings is 2. The lowest BCUT2D eigenvalue weighted by Crippen LogP contribution is -2.54. The molecule has 2 aliphatic heterocycles. The van der Waals surface area contributed by atoms with Crippen molar-refractivity contribution in [2.45, 2.75) is 23.2 Å². The highest BCUT2D eigenvalue weighted by molar-refractivity contribution is 9.10. The molecular formula is C23H17BrClNO3. The molecule has 0 spiro atoms. The van der Waals surface area contributed by atoms with Gasteiger partial charge in [-0.2, -0.15) is 0 Å². The van der Waals surface area contributed by atoms with E-state index in [1.807, 2.05) is 42.5 Å². The van der Waals surface area contributed by atoms with Crippen molar-refractivity contribution in [1.29, 1.82) is 0 Å². The van der Waals surface area contributed by atoms with Gasteiger partial charge < -0.3 is 14.6 Å². The Kier molecular flexibility index (Phi) is 3.73. The number of aromatic nitrogens is 1. The summed E-state index contributed by atoms with van der Waals surface area (Å²) in [4.78, 5) is 4.51. The van der Waals surface area contributed by atoms with Crippen LogP contribution in [0.5, 0.6) is 5.75 Å². The topological polar surface area (TPSA) is 51.6 Å². The third-order valence-corrected chi connectivity index (χ3v) is 7.32. The molecule has 29 heavy (non-hydrogen) atoms. The van der Waals surface area contributed by atoms with E-state index >= 15 is 0 Å². The van der Waals surface area contributed by atoms with E-state index in [1.165, 1.54) is 0 Å². The third-order valence-electron chi connectivity index (χ3n) is 6.58. The van der Waals surface area contributed by atoms with E-state index in [-0.39, 0.29) is 11.8 Å². The van der Waals surface area contributed by atoms with Crippen LogP contribution in [0.25, 0.3) is 0 Å². The molecule has 3 heterocycles. The number of aliphatic hydroxyl groups is 1. The Morgan fingerprint density at radius 3 is 2.55 bits per heavy atom. The Labute approximate surface area is 181 Å². The molecule has 3 aliphatic rings. The summed E-state index contributed by atoms with van der Waals surface area (Å²) >= 11 is 9.72. The molecule has 0 amide bonds. The number of halogens is 2. The van der Waals surface area contributed by atoms with Crippen molar-refractivity contribution >= 4 is 27.5 Å². The molecule has 1 saturated heterocycles. The number of nitrogens with zero attached hydrogens (tertiary/aromatic N) is 1. The summed E-state index contributed by atoms with van der Waals surface area (Å²) < 4.78 is 13.6. The van der Waals surface area contributed by atoms with Crippen LogP contribution in [0, 0.1) is 5.92 Å². The lowest BCUT2D eigenvalue weighted by molar-refractivity contribution is -0.208. The van der Waals surface area contributed by atoms with Crippen molar-refractivity contribution in [2.75, 3.05) is 6.61 Å². The number of hydrogen-bond acceptors (Lipinski definition) is 4. The number of rotatable bonds is 2. The molecule has 2 fully saturated rings. The molecule has 4 nitrogen and oxygen atoms in total. The van der Waals surface area contributed by atoms with Gasteiger partial charge in [0, 0.05) is 28.6 Å². The van der Waals surface area contributed by atoms with Gasteiger partial charge in [0.05, 0.1) is 11.6 Å². The average Bonchev–Trinajstić information content (AvgIpc) is 3.02. The first-order valence-corrected chi connectivity index (χ1v) is 10.7. The van der Waals surface area contributed by atoms with Gasteiger partial charge in [0.15, 0.2) is 11.2 Å². The molecular weight excluding hydrogens is 454 g/mol. The summed E-state index contributed by atoms with van der Waals surface area (Å²) in [6.45, 7) is 0.580. The number of pyridine rings is 1. The van der Waals surface area contributed by atoms with Crippen LogP contribution in [0.4, 0.5) is 0 Å². The SMILES string of the molecule is O[C@]12c3ncc(Cl)cc3O[C@@]1(c1ccc(Br)cc1)[C@H](c1ccccc1)[C@H]1CO[C@H]12. The number of fused-ring (bicyclic) bond motifs is 5. The van der Waals surface area contributed by atoms with E-state index in [9.17, 15) is 5.11 Å². The Bertz CT molecular complexity index is 1110. The molecule has 6 heteroatoms. The lowest BCUT2D eigenvalue weighted by atomic mass is 9.72. The Morgan fingerprint density at radius 1 is 1.10 bits per heavy atom. The Balaban J connectivity index is 1.66. The summed E-state index contributed by atoms with van der Waals surface area (Å²) in [5.41, 5.74) is 0.0381. The Hall–Kier alpha value is -1.92. The predicted octanol–water partition coefficient (Wildman–Crippen LogP) is 4.79. The van der Waals surface area contributed by atoms with Crippen LogP contribution in [0.1, 0.15) is 22.7 Å². The van der Waals surface area contributed by atoms with Gasteiger partial charge in [-0.15, -0.1) is 0 Å². The molecule has 5 atom stereocenters. The molecule has 0 unspecified atom stereocenters. The van der Waals surface area contributed by atoms with Gasteiger partial charge in [-0.25, -0.2) is 0 Å². The standard InChI is InChI=1S/C23H17BrClNO3/c24-15-8-6-14(7-9-15)23-19(13-4-2-1-3-5-13)17-12-28-21(17)22(23,27)20-18(29-23)10-16(25)11-26-20/h1-11,17,19,21,27H,12H2/t17-,19-,21-,22+,23+/m1/s1. The first-order valence-electron chi connectivity index (χ1n) is 9.56. The number of hydrogen-bond donors (Lipinski definition) is 1. The quantitative estimate of drug-likeness (QED) is 0.585. The van der Waals surface area contributed by atoms with Crippen molar-refractivity contribution < 1.29 is 14.6 Å². The second-order valence-electron chi connectivity index (χ2n) is 7.92. The molecule has 0 bridgehead atoms. The van der Waals surface area contributed by atoms with Crippen LogP contribution < -0.4 is 4.74 Å².